The minimum Gasteiger partial charge on any atom is -0.479 e. The van der Waals surface area contributed by atoms with Crippen molar-refractivity contribution in [3.63, 3.8) is 0 Å². The highest BCUT2D eigenvalue weighted by atomic mass is 16.5. The molecular formula is C18H19N3O3. The Hall–Kier alpha value is -3.02. The number of ether oxygens (including phenoxy) is 1. The average Bonchev–Trinajstić information content (AvgIpc) is 2.56. The van der Waals surface area contributed by atoms with E-state index in [9.17, 15) is 9.59 Å². The van der Waals surface area contributed by atoms with Gasteiger partial charge in [0.25, 0.3) is 11.8 Å². The summed E-state index contributed by atoms with van der Waals surface area (Å²) in [6, 6.07) is 12.5. The second-order valence-electron chi connectivity index (χ2n) is 5.86. The lowest BCUT2D eigenvalue weighted by molar-refractivity contribution is -0.122. The molecule has 0 saturated carbocycles. The first-order chi connectivity index (χ1) is 11.4. The molecule has 0 saturated heterocycles. The Morgan fingerprint density at radius 2 is 1.88 bits per heavy atom. The third-order valence-electron chi connectivity index (χ3n) is 3.81. The van der Waals surface area contributed by atoms with Gasteiger partial charge in [0.15, 0.2) is 6.10 Å². The van der Waals surface area contributed by atoms with E-state index in [1.165, 1.54) is 0 Å². The smallest absolute Gasteiger partial charge is 0.265 e. The number of hydrogen-bond donors (Lipinski definition) is 2. The predicted molar refractivity (Wildman–Crippen MR) is 93.9 cm³/mol. The molecule has 24 heavy (non-hydrogen) atoms. The van der Waals surface area contributed by atoms with E-state index in [2.05, 4.69) is 10.6 Å². The van der Waals surface area contributed by atoms with Crippen LogP contribution >= 0.6 is 0 Å². The fourth-order valence-corrected chi connectivity index (χ4v) is 2.40. The number of rotatable bonds is 3. The van der Waals surface area contributed by atoms with E-state index in [1.54, 1.807) is 37.3 Å². The summed E-state index contributed by atoms with van der Waals surface area (Å²) in [6.45, 7) is 1.69. The standard InChI is InChI=1S/C18H19N3O3/c1-11-17(22)20-15-10-13(6-9-16(15)24-11)19-18(23)12-4-7-14(8-5-12)21(2)3/h4-11H,1-3H3,(H,19,23)(H,20,22)/t11-/m1/s1. The van der Waals surface area contributed by atoms with Crippen LogP contribution in [0.4, 0.5) is 17.1 Å². The second kappa shape index (κ2) is 6.23. The molecule has 0 fully saturated rings. The van der Waals surface area contributed by atoms with Crippen LogP contribution in [-0.4, -0.2) is 32.0 Å². The van der Waals surface area contributed by atoms with Gasteiger partial charge in [-0.1, -0.05) is 0 Å². The molecule has 1 atom stereocenters. The lowest BCUT2D eigenvalue weighted by Crippen LogP contribution is -2.34. The molecule has 2 aromatic rings. The molecule has 2 amide bonds. The van der Waals surface area contributed by atoms with E-state index in [-0.39, 0.29) is 11.8 Å². The Morgan fingerprint density at radius 3 is 2.54 bits per heavy atom. The Bertz CT molecular complexity index is 785. The van der Waals surface area contributed by atoms with Gasteiger partial charge in [-0.2, -0.15) is 0 Å². The lowest BCUT2D eigenvalue weighted by Gasteiger charge is -2.23. The molecule has 3 rings (SSSR count). The van der Waals surface area contributed by atoms with Crippen LogP contribution < -0.4 is 20.3 Å². The molecule has 0 aliphatic carbocycles. The summed E-state index contributed by atoms with van der Waals surface area (Å²) in [4.78, 5) is 26.0. The summed E-state index contributed by atoms with van der Waals surface area (Å²) in [5.41, 5.74) is 2.73. The minimum absolute atomic E-state index is 0.203. The Labute approximate surface area is 140 Å². The van der Waals surface area contributed by atoms with Gasteiger partial charge in [-0.3, -0.25) is 9.59 Å². The maximum absolute atomic E-state index is 12.3. The van der Waals surface area contributed by atoms with Crippen LogP contribution in [0.25, 0.3) is 0 Å². The zero-order chi connectivity index (χ0) is 17.3. The van der Waals surface area contributed by atoms with E-state index >= 15 is 0 Å². The van der Waals surface area contributed by atoms with Crippen LogP contribution in [0.1, 0.15) is 17.3 Å². The number of nitrogens with zero attached hydrogens (tertiary/aromatic N) is 1. The summed E-state index contributed by atoms with van der Waals surface area (Å²) in [5.74, 6) is 0.178. The van der Waals surface area contributed by atoms with Crippen molar-refractivity contribution in [1.29, 1.82) is 0 Å². The van der Waals surface area contributed by atoms with Crippen molar-refractivity contribution in [3.05, 3.63) is 48.0 Å². The first kappa shape index (κ1) is 15.9. The minimum atomic E-state index is -0.520. The predicted octanol–water partition coefficient (Wildman–Crippen LogP) is 2.72. The third-order valence-corrected chi connectivity index (χ3v) is 3.81. The Balaban J connectivity index is 1.75. The van der Waals surface area contributed by atoms with E-state index in [1.807, 2.05) is 31.1 Å². The van der Waals surface area contributed by atoms with Gasteiger partial charge in [0.1, 0.15) is 5.75 Å². The molecule has 0 radical (unpaired) electrons. The molecule has 6 heteroatoms. The monoisotopic (exact) mass is 325 g/mol. The molecule has 0 aromatic heterocycles. The van der Waals surface area contributed by atoms with Crippen molar-refractivity contribution < 1.29 is 14.3 Å². The highest BCUT2D eigenvalue weighted by molar-refractivity contribution is 6.05. The van der Waals surface area contributed by atoms with E-state index in [0.29, 0.717) is 22.7 Å². The van der Waals surface area contributed by atoms with E-state index < -0.39 is 6.10 Å². The number of anilines is 3. The van der Waals surface area contributed by atoms with Crippen molar-refractivity contribution in [2.24, 2.45) is 0 Å². The summed E-state index contributed by atoms with van der Waals surface area (Å²) in [7, 11) is 3.89. The zero-order valence-corrected chi connectivity index (χ0v) is 13.8. The molecule has 1 aliphatic heterocycles. The third kappa shape index (κ3) is 3.17. The maximum Gasteiger partial charge on any atom is 0.265 e. The number of benzene rings is 2. The quantitative estimate of drug-likeness (QED) is 0.910. The van der Waals surface area contributed by atoms with E-state index in [4.69, 9.17) is 4.74 Å². The maximum atomic E-state index is 12.3. The molecule has 0 unspecified atom stereocenters. The van der Waals surface area contributed by atoms with Crippen molar-refractivity contribution in [2.45, 2.75) is 13.0 Å². The zero-order valence-electron chi connectivity index (χ0n) is 13.8. The van der Waals surface area contributed by atoms with Crippen LogP contribution in [-0.2, 0) is 4.79 Å². The van der Waals surface area contributed by atoms with Crippen LogP contribution in [0.3, 0.4) is 0 Å². The van der Waals surface area contributed by atoms with Crippen LogP contribution in [0, 0.1) is 0 Å². The number of amides is 2. The van der Waals surface area contributed by atoms with Crippen molar-refractivity contribution in [3.8, 4) is 5.75 Å². The Kier molecular flexibility index (Phi) is 4.12. The summed E-state index contributed by atoms with van der Waals surface area (Å²) < 4.78 is 5.49. The lowest BCUT2D eigenvalue weighted by atomic mass is 10.1. The molecule has 1 heterocycles. The fourth-order valence-electron chi connectivity index (χ4n) is 2.40. The number of fused-ring (bicyclic) bond motifs is 1. The molecule has 2 N–H and O–H groups in total. The first-order valence-corrected chi connectivity index (χ1v) is 7.64. The Morgan fingerprint density at radius 1 is 1.17 bits per heavy atom. The summed E-state index contributed by atoms with van der Waals surface area (Å²) in [6.07, 6.45) is -0.520. The van der Waals surface area contributed by atoms with Gasteiger partial charge in [-0.15, -0.1) is 0 Å². The normalized spacial score (nSPS) is 15.8. The number of hydrogen-bond acceptors (Lipinski definition) is 4. The second-order valence-corrected chi connectivity index (χ2v) is 5.86. The molecule has 124 valence electrons. The largest absolute Gasteiger partial charge is 0.479 e. The van der Waals surface area contributed by atoms with Crippen LogP contribution in [0.2, 0.25) is 0 Å². The number of carbonyl (C=O) groups excluding carboxylic acids is 2. The van der Waals surface area contributed by atoms with Crippen LogP contribution in [0.5, 0.6) is 5.75 Å². The molecular weight excluding hydrogens is 306 g/mol. The molecule has 0 spiro atoms. The summed E-state index contributed by atoms with van der Waals surface area (Å²) >= 11 is 0. The SMILES string of the molecule is C[C@H]1Oc2ccc(NC(=O)c3ccc(N(C)C)cc3)cc2NC1=O. The number of nitrogens with one attached hydrogen (secondary N) is 2. The molecule has 1 aliphatic rings. The van der Waals surface area contributed by atoms with Gasteiger partial charge in [-0.25, -0.2) is 0 Å². The summed E-state index contributed by atoms with van der Waals surface area (Å²) in [5, 5.41) is 5.59. The average molecular weight is 325 g/mol. The molecule has 0 bridgehead atoms. The topological polar surface area (TPSA) is 70.7 Å². The van der Waals surface area contributed by atoms with Crippen LogP contribution in [0.15, 0.2) is 42.5 Å². The van der Waals surface area contributed by atoms with Crippen molar-refractivity contribution in [2.75, 3.05) is 29.6 Å². The van der Waals surface area contributed by atoms with Gasteiger partial charge in [-0.05, 0) is 49.4 Å². The molecule has 6 nitrogen and oxygen atoms in total. The van der Waals surface area contributed by atoms with Crippen molar-refractivity contribution >= 4 is 28.9 Å². The highest BCUT2D eigenvalue weighted by Gasteiger charge is 2.23. The van der Waals surface area contributed by atoms with Gasteiger partial charge in [0.05, 0.1) is 5.69 Å². The van der Waals surface area contributed by atoms with Gasteiger partial charge in [0.2, 0.25) is 0 Å². The van der Waals surface area contributed by atoms with Gasteiger partial charge in [0, 0.05) is 31.0 Å². The molecule has 2 aromatic carbocycles. The van der Waals surface area contributed by atoms with E-state index in [0.717, 1.165) is 5.69 Å². The van der Waals surface area contributed by atoms with Gasteiger partial charge >= 0.3 is 0 Å². The number of carbonyl (C=O) groups is 2. The fraction of sp³-hybridized carbons (Fsp3) is 0.222. The van der Waals surface area contributed by atoms with Crippen molar-refractivity contribution in [1.82, 2.24) is 0 Å². The highest BCUT2D eigenvalue weighted by Crippen LogP contribution is 2.32. The van der Waals surface area contributed by atoms with Gasteiger partial charge < -0.3 is 20.3 Å². The first-order valence-electron chi connectivity index (χ1n) is 7.64.